The number of halogens is 1. The summed E-state index contributed by atoms with van der Waals surface area (Å²) >= 11 is 0. The number of nitrogens with zero attached hydrogens (tertiary/aromatic N) is 2. The molecule has 0 radical (unpaired) electrons. The lowest BCUT2D eigenvalue weighted by Crippen LogP contribution is -2.57. The van der Waals surface area contributed by atoms with Crippen molar-refractivity contribution in [1.29, 1.82) is 0 Å². The summed E-state index contributed by atoms with van der Waals surface area (Å²) in [6, 6.07) is 5.03. The molecular weight excluding hydrogens is 587 g/mol. The molecule has 10 nitrogen and oxygen atoms in total. The SMILES string of the molecule is C[C@@H]1CC([C@H](c2ccc(F)cc2)[C@@H](C(=O)N[C@H]2CCC[C@@H]2CC[C@H]2CN[C@@H]3CCCS(=O)(=O)N2C3)N(C)C(=O)O)C[C@H](C)O1. The zero-order chi connectivity index (χ0) is 31.6. The molecular formula is C32H49FN4O6S. The first kappa shape index (κ1) is 33.1. The maximum Gasteiger partial charge on any atom is 0.407 e. The normalized spacial score (nSPS) is 34.8. The lowest BCUT2D eigenvalue weighted by atomic mass is 9.73. The second-order valence-corrected chi connectivity index (χ2v) is 15.6. The fraction of sp³-hybridized carbons (Fsp3) is 0.750. The van der Waals surface area contributed by atoms with Crippen molar-refractivity contribution in [2.45, 2.75) is 114 Å². The standard InChI is InChI=1S/C32H49FN4O6S/c1-20-16-24(17-21(2)43-20)29(23-9-12-25(33)13-10-23)30(36(3)32(39)40)31(38)35-28-8-4-6-22(28)11-14-27-18-34-26-7-5-15-44(41,42)37(27)19-26/h9-10,12-13,20-22,24,26-30,34H,4-8,11,14-19H2,1-3H3,(H,35,38)(H,39,40)/t20-,21+,22-,24?,26-,27+,28+,29+,30+/m1/s1. The third-order valence-corrected chi connectivity index (χ3v) is 12.4. The van der Waals surface area contributed by atoms with Crippen LogP contribution in [0.5, 0.6) is 0 Å². The molecule has 0 spiro atoms. The van der Waals surface area contributed by atoms with Crippen molar-refractivity contribution in [2.24, 2.45) is 11.8 Å². The Kier molecular flexibility index (Phi) is 10.5. The number of hydrogen-bond acceptors (Lipinski definition) is 6. The minimum absolute atomic E-state index is 0.0469. The third-order valence-electron chi connectivity index (χ3n) is 10.4. The zero-order valence-electron chi connectivity index (χ0n) is 26.2. The van der Waals surface area contributed by atoms with Crippen LogP contribution in [0.25, 0.3) is 0 Å². The van der Waals surface area contributed by atoms with Crippen molar-refractivity contribution in [1.82, 2.24) is 19.8 Å². The van der Waals surface area contributed by atoms with Gasteiger partial charge < -0.3 is 20.5 Å². The van der Waals surface area contributed by atoms with Gasteiger partial charge in [-0.25, -0.2) is 17.6 Å². The first-order chi connectivity index (χ1) is 20.9. The molecule has 1 aromatic carbocycles. The Morgan fingerprint density at radius 2 is 1.82 bits per heavy atom. The van der Waals surface area contributed by atoms with Gasteiger partial charge in [-0.1, -0.05) is 18.6 Å². The second kappa shape index (κ2) is 14.0. The highest BCUT2D eigenvalue weighted by Crippen LogP contribution is 2.41. The molecule has 246 valence electrons. The lowest BCUT2D eigenvalue weighted by Gasteiger charge is -2.42. The summed E-state index contributed by atoms with van der Waals surface area (Å²) in [6.07, 6.45) is 5.71. The first-order valence-electron chi connectivity index (χ1n) is 16.3. The molecule has 2 amide bonds. The number of amides is 2. The Bertz CT molecular complexity index is 1260. The summed E-state index contributed by atoms with van der Waals surface area (Å²) in [5.41, 5.74) is 0.732. The van der Waals surface area contributed by atoms with Crippen LogP contribution in [0, 0.1) is 17.7 Å². The maximum absolute atomic E-state index is 14.2. The third kappa shape index (κ3) is 7.57. The predicted octanol–water partition coefficient (Wildman–Crippen LogP) is 3.92. The van der Waals surface area contributed by atoms with Gasteiger partial charge in [-0.05, 0) is 94.7 Å². The topological polar surface area (TPSA) is 128 Å². The number of sulfonamides is 1. The lowest BCUT2D eigenvalue weighted by molar-refractivity contribution is -0.129. The quantitative estimate of drug-likeness (QED) is 0.375. The molecule has 3 N–H and O–H groups in total. The molecule has 3 aliphatic heterocycles. The Balaban J connectivity index is 1.34. The Morgan fingerprint density at radius 3 is 2.50 bits per heavy atom. The van der Waals surface area contributed by atoms with Gasteiger partial charge in [0.15, 0.2) is 0 Å². The van der Waals surface area contributed by atoms with E-state index in [1.807, 2.05) is 13.8 Å². The van der Waals surface area contributed by atoms with Crippen molar-refractivity contribution < 1.29 is 32.2 Å². The minimum Gasteiger partial charge on any atom is -0.465 e. The number of nitrogens with one attached hydrogen (secondary N) is 2. The maximum atomic E-state index is 14.2. The monoisotopic (exact) mass is 636 g/mol. The van der Waals surface area contributed by atoms with Crippen LogP contribution in [0.4, 0.5) is 9.18 Å². The van der Waals surface area contributed by atoms with E-state index >= 15 is 0 Å². The van der Waals surface area contributed by atoms with E-state index in [1.165, 1.54) is 19.2 Å². The average molecular weight is 637 g/mol. The van der Waals surface area contributed by atoms with Crippen LogP contribution >= 0.6 is 0 Å². The van der Waals surface area contributed by atoms with E-state index in [2.05, 4.69) is 10.6 Å². The zero-order valence-corrected chi connectivity index (χ0v) is 27.0. The van der Waals surface area contributed by atoms with Crippen LogP contribution in [0.2, 0.25) is 0 Å². The van der Waals surface area contributed by atoms with Gasteiger partial charge in [0.1, 0.15) is 11.9 Å². The smallest absolute Gasteiger partial charge is 0.407 e. The molecule has 2 unspecified atom stereocenters. The molecule has 4 fully saturated rings. The van der Waals surface area contributed by atoms with E-state index < -0.39 is 28.1 Å². The number of piperazine rings is 1. The van der Waals surface area contributed by atoms with Gasteiger partial charge in [-0.2, -0.15) is 4.31 Å². The number of likely N-dealkylation sites (N-methyl/N-ethyl adjacent to an activating group) is 1. The highest BCUT2D eigenvalue weighted by molar-refractivity contribution is 7.89. The molecule has 1 aromatic rings. The van der Waals surface area contributed by atoms with Gasteiger partial charge >= 0.3 is 6.09 Å². The van der Waals surface area contributed by atoms with Gasteiger partial charge in [0, 0.05) is 44.2 Å². The number of carboxylic acid groups (broad SMARTS) is 1. The Hall–Kier alpha value is -2.28. The van der Waals surface area contributed by atoms with Crippen LogP contribution in [0.3, 0.4) is 0 Å². The molecule has 1 aliphatic carbocycles. The van der Waals surface area contributed by atoms with Gasteiger partial charge in [-0.3, -0.25) is 9.69 Å². The molecule has 10 atom stereocenters. The molecule has 1 saturated carbocycles. The van der Waals surface area contributed by atoms with Crippen LogP contribution in [-0.2, 0) is 19.6 Å². The Morgan fingerprint density at radius 1 is 1.11 bits per heavy atom. The van der Waals surface area contributed by atoms with E-state index in [4.69, 9.17) is 4.74 Å². The molecule has 4 aliphatic rings. The van der Waals surface area contributed by atoms with Gasteiger partial charge in [0.25, 0.3) is 0 Å². The van der Waals surface area contributed by atoms with E-state index in [9.17, 15) is 27.5 Å². The molecule has 5 rings (SSSR count). The van der Waals surface area contributed by atoms with Crippen molar-refractivity contribution in [3.63, 3.8) is 0 Å². The van der Waals surface area contributed by atoms with Gasteiger partial charge in [-0.15, -0.1) is 0 Å². The van der Waals surface area contributed by atoms with Crippen LogP contribution < -0.4 is 10.6 Å². The summed E-state index contributed by atoms with van der Waals surface area (Å²) in [5, 5.41) is 16.9. The molecule has 0 aromatic heterocycles. The number of carbonyl (C=O) groups excluding carboxylic acids is 1. The number of carbonyl (C=O) groups is 2. The molecule has 2 bridgehead atoms. The van der Waals surface area contributed by atoms with Crippen molar-refractivity contribution in [3.8, 4) is 0 Å². The Labute approximate surface area is 261 Å². The average Bonchev–Trinajstić information content (AvgIpc) is 3.36. The van der Waals surface area contributed by atoms with Gasteiger partial charge in [0.05, 0.1) is 18.0 Å². The first-order valence-corrected chi connectivity index (χ1v) is 17.9. The fourth-order valence-electron chi connectivity index (χ4n) is 8.34. The van der Waals surface area contributed by atoms with Crippen LogP contribution in [-0.4, -0.2) is 97.0 Å². The van der Waals surface area contributed by atoms with E-state index in [0.29, 0.717) is 38.8 Å². The molecule has 12 heteroatoms. The molecule has 44 heavy (non-hydrogen) atoms. The highest BCUT2D eigenvalue weighted by Gasteiger charge is 2.44. The van der Waals surface area contributed by atoms with Crippen LogP contribution in [0.15, 0.2) is 24.3 Å². The number of ether oxygens (including phenoxy) is 1. The molecule has 3 saturated heterocycles. The minimum atomic E-state index is -3.28. The summed E-state index contributed by atoms with van der Waals surface area (Å²) in [4.78, 5) is 27.7. The summed E-state index contributed by atoms with van der Waals surface area (Å²) in [7, 11) is -1.84. The number of benzene rings is 1. The largest absolute Gasteiger partial charge is 0.465 e. The van der Waals surface area contributed by atoms with E-state index in [0.717, 1.165) is 42.6 Å². The summed E-state index contributed by atoms with van der Waals surface area (Å²) in [6.45, 7) is 5.14. The number of hydrogen-bond donors (Lipinski definition) is 3. The van der Waals surface area contributed by atoms with Crippen molar-refractivity contribution in [2.75, 3.05) is 25.9 Å². The van der Waals surface area contributed by atoms with E-state index in [-0.39, 0.29) is 59.6 Å². The van der Waals surface area contributed by atoms with Gasteiger partial charge in [0.2, 0.25) is 15.9 Å². The fourth-order valence-corrected chi connectivity index (χ4v) is 10.1. The van der Waals surface area contributed by atoms with Crippen molar-refractivity contribution in [3.05, 3.63) is 35.6 Å². The van der Waals surface area contributed by atoms with Crippen molar-refractivity contribution >= 4 is 22.0 Å². The predicted molar refractivity (Wildman–Crippen MR) is 165 cm³/mol. The molecule has 3 heterocycles. The number of fused-ring (bicyclic) bond motifs is 2. The van der Waals surface area contributed by atoms with E-state index in [1.54, 1.807) is 16.4 Å². The summed E-state index contributed by atoms with van der Waals surface area (Å²) < 4.78 is 47.6. The second-order valence-electron chi connectivity index (χ2n) is 13.6. The van der Waals surface area contributed by atoms with Crippen LogP contribution in [0.1, 0.15) is 83.1 Å². The highest BCUT2D eigenvalue weighted by atomic mass is 32.2. The summed E-state index contributed by atoms with van der Waals surface area (Å²) in [5.74, 6) is -0.893. The number of rotatable bonds is 9.